The number of sulfone groups is 1. The Balaban J connectivity index is 1.80. The summed E-state index contributed by atoms with van der Waals surface area (Å²) in [5.74, 6) is 0. The van der Waals surface area contributed by atoms with Crippen molar-refractivity contribution in [3.05, 3.63) is 103 Å². The van der Waals surface area contributed by atoms with Gasteiger partial charge in [-0.05, 0) is 60.0 Å². The van der Waals surface area contributed by atoms with Gasteiger partial charge < -0.3 is 4.90 Å². The van der Waals surface area contributed by atoms with E-state index >= 15 is 0 Å². The summed E-state index contributed by atoms with van der Waals surface area (Å²) in [6, 6.07) is 23.1. The van der Waals surface area contributed by atoms with Crippen LogP contribution in [-0.2, 0) is 9.84 Å². The van der Waals surface area contributed by atoms with Crippen molar-refractivity contribution in [2.24, 2.45) is 0 Å². The fourth-order valence-electron chi connectivity index (χ4n) is 3.73. The van der Waals surface area contributed by atoms with Gasteiger partial charge in [-0.2, -0.15) is 0 Å². The number of benzene rings is 2. The van der Waals surface area contributed by atoms with Gasteiger partial charge >= 0.3 is 0 Å². The summed E-state index contributed by atoms with van der Waals surface area (Å²) in [5.41, 5.74) is 5.05. The zero-order chi connectivity index (χ0) is 21.8. The van der Waals surface area contributed by atoms with E-state index in [1.54, 1.807) is 24.5 Å². The number of pyridine rings is 2. The maximum absolute atomic E-state index is 11.8. The highest BCUT2D eigenvalue weighted by Gasteiger charge is 2.22. The molecule has 0 fully saturated rings. The highest BCUT2D eigenvalue weighted by molar-refractivity contribution is 7.90. The van der Waals surface area contributed by atoms with Crippen LogP contribution in [-0.4, -0.2) is 24.6 Å². The van der Waals surface area contributed by atoms with E-state index in [2.05, 4.69) is 33.9 Å². The highest BCUT2D eigenvalue weighted by atomic mass is 32.2. The highest BCUT2D eigenvalue weighted by Crippen LogP contribution is 2.38. The molecule has 2 aromatic heterocycles. The molecule has 1 unspecified atom stereocenters. The lowest BCUT2D eigenvalue weighted by molar-refractivity contribution is 0.602. The quantitative estimate of drug-likeness (QED) is 0.408. The molecule has 0 aliphatic heterocycles. The number of hydrogen-bond donors (Lipinski definition) is 0. The summed E-state index contributed by atoms with van der Waals surface area (Å²) in [5, 5.41) is 0. The first-order chi connectivity index (χ1) is 14.9. The minimum Gasteiger partial charge on any atom is -0.332 e. The summed E-state index contributed by atoms with van der Waals surface area (Å²) in [4.78, 5) is 11.1. The van der Waals surface area contributed by atoms with Crippen molar-refractivity contribution in [3.8, 4) is 11.1 Å². The summed E-state index contributed by atoms with van der Waals surface area (Å²) in [6.45, 7) is 2.14. The van der Waals surface area contributed by atoms with Crippen molar-refractivity contribution in [1.82, 2.24) is 9.97 Å². The van der Waals surface area contributed by atoms with Crippen LogP contribution in [0.2, 0.25) is 0 Å². The molecule has 0 saturated carbocycles. The van der Waals surface area contributed by atoms with E-state index < -0.39 is 9.84 Å². The van der Waals surface area contributed by atoms with E-state index in [1.165, 1.54) is 6.26 Å². The summed E-state index contributed by atoms with van der Waals surface area (Å²) >= 11 is 0. The molecular weight excluding hydrogens is 406 g/mol. The molecule has 2 heterocycles. The van der Waals surface area contributed by atoms with Crippen molar-refractivity contribution in [2.45, 2.75) is 17.9 Å². The van der Waals surface area contributed by atoms with Crippen molar-refractivity contribution in [3.63, 3.8) is 0 Å². The molecule has 0 aliphatic rings. The molecule has 6 heteroatoms. The number of nitrogens with zero attached hydrogens (tertiary/aromatic N) is 3. The maximum Gasteiger partial charge on any atom is 0.175 e. The van der Waals surface area contributed by atoms with Crippen LogP contribution in [0.25, 0.3) is 11.1 Å². The van der Waals surface area contributed by atoms with Crippen LogP contribution in [0.15, 0.2) is 102 Å². The second kappa shape index (κ2) is 8.70. The Labute approximate surface area is 183 Å². The Morgan fingerprint density at radius 3 is 1.87 bits per heavy atom. The molecule has 0 amide bonds. The smallest absolute Gasteiger partial charge is 0.175 e. The monoisotopic (exact) mass is 429 g/mol. The van der Waals surface area contributed by atoms with Gasteiger partial charge in [0.2, 0.25) is 0 Å². The van der Waals surface area contributed by atoms with Gasteiger partial charge in [0.15, 0.2) is 9.84 Å². The van der Waals surface area contributed by atoms with Gasteiger partial charge in [-0.25, -0.2) is 8.42 Å². The van der Waals surface area contributed by atoms with Crippen molar-refractivity contribution in [1.29, 1.82) is 0 Å². The molecule has 156 valence electrons. The number of anilines is 2. The third kappa shape index (κ3) is 4.49. The average Bonchev–Trinajstić information content (AvgIpc) is 2.80. The Morgan fingerprint density at radius 1 is 0.774 bits per heavy atom. The van der Waals surface area contributed by atoms with Crippen LogP contribution in [0.3, 0.4) is 0 Å². The first-order valence-electron chi connectivity index (χ1n) is 9.94. The van der Waals surface area contributed by atoms with Gasteiger partial charge in [0.1, 0.15) is 0 Å². The predicted molar refractivity (Wildman–Crippen MR) is 124 cm³/mol. The van der Waals surface area contributed by atoms with Crippen molar-refractivity contribution >= 4 is 21.2 Å². The Hall–Kier alpha value is -3.51. The van der Waals surface area contributed by atoms with Crippen molar-refractivity contribution in [2.75, 3.05) is 11.2 Å². The molecule has 31 heavy (non-hydrogen) atoms. The maximum atomic E-state index is 11.8. The number of hydrogen-bond acceptors (Lipinski definition) is 5. The Morgan fingerprint density at radius 2 is 1.35 bits per heavy atom. The Bertz CT molecular complexity index is 1220. The first-order valence-corrected chi connectivity index (χ1v) is 11.8. The van der Waals surface area contributed by atoms with Crippen LogP contribution in [0.4, 0.5) is 11.4 Å². The van der Waals surface area contributed by atoms with Crippen molar-refractivity contribution < 1.29 is 8.42 Å². The van der Waals surface area contributed by atoms with E-state index in [9.17, 15) is 8.42 Å². The molecule has 0 N–H and O–H groups in total. The fourth-order valence-corrected chi connectivity index (χ4v) is 4.36. The van der Waals surface area contributed by atoms with Gasteiger partial charge in [-0.3, -0.25) is 9.97 Å². The van der Waals surface area contributed by atoms with E-state index in [-0.39, 0.29) is 6.04 Å². The Kier molecular flexibility index (Phi) is 5.82. The molecule has 0 saturated heterocycles. The lowest BCUT2D eigenvalue weighted by atomic mass is 9.94. The van der Waals surface area contributed by atoms with Crippen LogP contribution in [0.5, 0.6) is 0 Å². The SMILES string of the molecule is CC(c1ccccc1-c1ccc(S(C)(=O)=O)cc1)N(c1cccnc1)c1cccnc1. The van der Waals surface area contributed by atoms with E-state index in [1.807, 2.05) is 60.9 Å². The summed E-state index contributed by atoms with van der Waals surface area (Å²) < 4.78 is 23.7. The molecule has 0 spiro atoms. The lowest BCUT2D eigenvalue weighted by Gasteiger charge is -2.32. The number of rotatable bonds is 6. The van der Waals surface area contributed by atoms with E-state index in [0.717, 1.165) is 28.1 Å². The van der Waals surface area contributed by atoms with E-state index in [0.29, 0.717) is 4.90 Å². The van der Waals surface area contributed by atoms with Gasteiger partial charge in [0.25, 0.3) is 0 Å². The molecule has 0 radical (unpaired) electrons. The standard InChI is InChI=1S/C25H23N3O2S/c1-19(28(21-7-5-15-26-17-21)22-8-6-16-27-18-22)24-9-3-4-10-25(24)20-11-13-23(14-12-20)31(2,29)30/h3-19H,1-2H3. The zero-order valence-corrected chi connectivity index (χ0v) is 18.2. The van der Waals surface area contributed by atoms with Crippen LogP contribution in [0, 0.1) is 0 Å². The van der Waals surface area contributed by atoms with Crippen LogP contribution >= 0.6 is 0 Å². The zero-order valence-electron chi connectivity index (χ0n) is 17.4. The van der Waals surface area contributed by atoms with Gasteiger partial charge in [-0.1, -0.05) is 36.4 Å². The van der Waals surface area contributed by atoms with Gasteiger partial charge in [0, 0.05) is 18.6 Å². The molecule has 4 aromatic rings. The lowest BCUT2D eigenvalue weighted by Crippen LogP contribution is -2.22. The fraction of sp³-hybridized carbons (Fsp3) is 0.120. The van der Waals surface area contributed by atoms with Crippen LogP contribution < -0.4 is 4.90 Å². The minimum atomic E-state index is -3.24. The second-order valence-electron chi connectivity index (χ2n) is 7.35. The topological polar surface area (TPSA) is 63.2 Å². The largest absolute Gasteiger partial charge is 0.332 e. The first kappa shape index (κ1) is 20.8. The number of aromatic nitrogens is 2. The second-order valence-corrected chi connectivity index (χ2v) is 9.37. The third-order valence-corrected chi connectivity index (χ3v) is 6.37. The minimum absolute atomic E-state index is 0.0285. The summed E-state index contributed by atoms with van der Waals surface area (Å²) in [7, 11) is -3.24. The molecule has 2 aromatic carbocycles. The van der Waals surface area contributed by atoms with Crippen LogP contribution in [0.1, 0.15) is 18.5 Å². The molecule has 1 atom stereocenters. The predicted octanol–water partition coefficient (Wildman–Crippen LogP) is 5.45. The average molecular weight is 430 g/mol. The molecule has 4 rings (SSSR count). The van der Waals surface area contributed by atoms with Gasteiger partial charge in [0.05, 0.1) is 34.7 Å². The normalized spacial score (nSPS) is 12.3. The van der Waals surface area contributed by atoms with Gasteiger partial charge in [-0.15, -0.1) is 0 Å². The van der Waals surface area contributed by atoms with E-state index in [4.69, 9.17) is 0 Å². The molecular formula is C25H23N3O2S. The third-order valence-electron chi connectivity index (χ3n) is 5.24. The molecule has 5 nitrogen and oxygen atoms in total. The molecule has 0 bridgehead atoms. The molecule has 0 aliphatic carbocycles. The summed E-state index contributed by atoms with van der Waals surface area (Å²) in [6.07, 6.45) is 8.41.